The van der Waals surface area contributed by atoms with Crippen LogP contribution in [0.25, 0.3) is 0 Å². The minimum atomic E-state index is -0.886. The van der Waals surface area contributed by atoms with Crippen LogP contribution in [0.2, 0.25) is 0 Å². The van der Waals surface area contributed by atoms with E-state index in [1.54, 1.807) is 6.08 Å². The normalized spacial score (nSPS) is 56.5. The van der Waals surface area contributed by atoms with E-state index in [9.17, 15) is 15.0 Å². The molecule has 11 heterocycles. The summed E-state index contributed by atoms with van der Waals surface area (Å²) in [5, 5.41) is 21.0. The lowest BCUT2D eigenvalue weighted by Gasteiger charge is -2.60. The molecule has 0 aromatic rings. The second kappa shape index (κ2) is 15.9. The van der Waals surface area contributed by atoms with E-state index in [4.69, 9.17) is 52.1 Å². The van der Waals surface area contributed by atoms with E-state index in [0.717, 1.165) is 24.8 Å². The molecule has 11 aliphatic heterocycles. The summed E-state index contributed by atoms with van der Waals surface area (Å²) < 4.78 is 75.7. The minimum absolute atomic E-state index is 0.101. The molecule has 11 rings (SSSR count). The Morgan fingerprint density at radius 2 is 1.48 bits per heavy atom. The summed E-state index contributed by atoms with van der Waals surface area (Å²) in [6.45, 7) is 18.7. The van der Waals surface area contributed by atoms with Crippen molar-refractivity contribution < 1.29 is 67.1 Å². The van der Waals surface area contributed by atoms with Gasteiger partial charge in [0.05, 0.1) is 114 Å². The van der Waals surface area contributed by atoms with Crippen molar-refractivity contribution in [3.05, 3.63) is 36.0 Å². The van der Waals surface area contributed by atoms with Crippen LogP contribution >= 0.6 is 0 Å². The van der Waals surface area contributed by atoms with Crippen molar-refractivity contribution in [2.24, 2.45) is 5.92 Å². The third kappa shape index (κ3) is 7.46. The molecule has 0 spiro atoms. The zero-order valence-electron chi connectivity index (χ0n) is 38.8. The highest BCUT2D eigenvalue weighted by Gasteiger charge is 2.64. The fourth-order valence-electron chi connectivity index (χ4n) is 14.0. The standard InChI is InChI=1S/C50H72O14/c1-25(24-51)14-28-17-37(52)50(8)41(54-28)19-33-34(61-50)18-32-29(55-33)10-9-12-46(4)42(58-32)23-49(7)40(62-46)21-39-47(5,64-49)13-11-30-44(60-39)26(2)15-31-36(56-30)22-48(6)38(57-31)20-35-45(63-48)27(3)16-43(53)59-35/h9-10,16,26,28-42,44-45,51-52H,1,11-15,17-24H2,2-8H3/t26?,28?,29?,30?,31?,32?,33?,34?,35?,36?,37?,38?,39?,40?,41?,42?,44?,45?,46-,47+,48-,49-,50-/m0/s1. The summed E-state index contributed by atoms with van der Waals surface area (Å²) in [6, 6.07) is 0. The average molecular weight is 897 g/mol. The first-order valence-corrected chi connectivity index (χ1v) is 24.5. The number of hydrogen-bond acceptors (Lipinski definition) is 14. The Morgan fingerprint density at radius 3 is 2.30 bits per heavy atom. The molecule has 14 nitrogen and oxygen atoms in total. The van der Waals surface area contributed by atoms with Crippen molar-refractivity contribution in [3.8, 4) is 0 Å². The van der Waals surface area contributed by atoms with Crippen molar-refractivity contribution >= 4 is 5.97 Å². The van der Waals surface area contributed by atoms with Gasteiger partial charge in [0.25, 0.3) is 0 Å². The summed E-state index contributed by atoms with van der Waals surface area (Å²) in [7, 11) is 0. The average Bonchev–Trinajstić information content (AvgIpc) is 3.43. The summed E-state index contributed by atoms with van der Waals surface area (Å²) in [5.74, 6) is -0.141. The Labute approximate surface area is 377 Å². The molecule has 0 amide bonds. The molecule has 9 saturated heterocycles. The molecule has 9 fully saturated rings. The maximum atomic E-state index is 12.3. The van der Waals surface area contributed by atoms with Crippen LogP contribution < -0.4 is 0 Å². The second-order valence-electron chi connectivity index (χ2n) is 22.8. The van der Waals surface area contributed by atoms with Gasteiger partial charge in [0.2, 0.25) is 0 Å². The molecule has 0 aromatic carbocycles. The van der Waals surface area contributed by atoms with Gasteiger partial charge in [0.1, 0.15) is 23.9 Å². The summed E-state index contributed by atoms with van der Waals surface area (Å²) in [5.41, 5.74) is -1.68. The van der Waals surface area contributed by atoms with Gasteiger partial charge in [-0.25, -0.2) is 4.79 Å². The smallest absolute Gasteiger partial charge is 0.331 e. The molecule has 18 unspecified atom stereocenters. The van der Waals surface area contributed by atoms with Crippen molar-refractivity contribution in [2.45, 2.75) is 257 Å². The van der Waals surface area contributed by atoms with Gasteiger partial charge >= 0.3 is 5.97 Å². The van der Waals surface area contributed by atoms with E-state index in [2.05, 4.69) is 53.3 Å². The van der Waals surface area contributed by atoms with Crippen LogP contribution in [0.1, 0.15) is 126 Å². The van der Waals surface area contributed by atoms with Crippen LogP contribution in [0.3, 0.4) is 0 Å². The fourth-order valence-corrected chi connectivity index (χ4v) is 14.0. The van der Waals surface area contributed by atoms with Crippen molar-refractivity contribution in [1.29, 1.82) is 0 Å². The van der Waals surface area contributed by atoms with Crippen LogP contribution in [0.5, 0.6) is 0 Å². The number of esters is 1. The third-order valence-electron chi connectivity index (χ3n) is 17.9. The zero-order chi connectivity index (χ0) is 44.7. The summed E-state index contributed by atoms with van der Waals surface area (Å²) in [6.07, 6.45) is 9.32. The molecule has 0 aromatic heterocycles. The Balaban J connectivity index is 0.776. The van der Waals surface area contributed by atoms with Gasteiger partial charge in [-0.2, -0.15) is 0 Å². The lowest BCUT2D eigenvalue weighted by molar-refractivity contribution is -0.356. The van der Waals surface area contributed by atoms with E-state index < -0.39 is 34.1 Å². The SMILES string of the molecule is C=C(CO)CC1CC(O)[C@]2(C)OC3CC4OC5C[C@]6(C)O[C@]7(C)CCC8OC9C[C@]%10(C)OC%11C(C)=CC(=O)OC%11CC%10OC9CC(C)C8OC7CC6O[C@@]5(C)CC=CC4OC3CC2O1. The Bertz CT molecular complexity index is 1910. The molecule has 64 heavy (non-hydrogen) atoms. The third-order valence-corrected chi connectivity index (χ3v) is 17.9. The largest absolute Gasteiger partial charge is 0.456 e. The predicted molar refractivity (Wildman–Crippen MR) is 229 cm³/mol. The summed E-state index contributed by atoms with van der Waals surface area (Å²) in [4.78, 5) is 12.3. The predicted octanol–water partition coefficient (Wildman–Crippen LogP) is 5.27. The van der Waals surface area contributed by atoms with E-state index in [-0.39, 0.29) is 116 Å². The topological polar surface area (TPSA) is 159 Å². The van der Waals surface area contributed by atoms with Crippen LogP contribution in [-0.2, 0) is 56.9 Å². The first-order valence-electron chi connectivity index (χ1n) is 24.5. The quantitative estimate of drug-likeness (QED) is 0.279. The number of carbonyl (C=O) groups is 1. The molecular formula is C50H72O14. The van der Waals surface area contributed by atoms with Gasteiger partial charge in [0.15, 0.2) is 0 Å². The van der Waals surface area contributed by atoms with Crippen LogP contribution in [0.4, 0.5) is 0 Å². The Morgan fingerprint density at radius 1 is 0.719 bits per heavy atom. The fraction of sp³-hybridized carbons (Fsp3) is 0.860. The zero-order valence-corrected chi connectivity index (χ0v) is 38.8. The Kier molecular flexibility index (Phi) is 11.1. The number of ether oxygens (including phenoxy) is 11. The van der Waals surface area contributed by atoms with Gasteiger partial charge < -0.3 is 62.3 Å². The molecule has 11 aliphatic rings. The summed E-state index contributed by atoms with van der Waals surface area (Å²) >= 11 is 0. The van der Waals surface area contributed by atoms with Gasteiger partial charge in [-0.1, -0.05) is 25.7 Å². The van der Waals surface area contributed by atoms with Gasteiger partial charge in [-0.15, -0.1) is 0 Å². The molecule has 0 saturated carbocycles. The van der Waals surface area contributed by atoms with E-state index >= 15 is 0 Å². The lowest BCUT2D eigenvalue weighted by Crippen LogP contribution is -2.70. The number of carbonyl (C=O) groups excluding carboxylic acids is 1. The highest BCUT2D eigenvalue weighted by Crippen LogP contribution is 2.55. The molecule has 2 N–H and O–H groups in total. The van der Waals surface area contributed by atoms with E-state index in [1.807, 2.05) is 13.8 Å². The first kappa shape index (κ1) is 44.7. The van der Waals surface area contributed by atoms with Crippen molar-refractivity contribution in [1.82, 2.24) is 0 Å². The molecule has 14 heteroatoms. The van der Waals surface area contributed by atoms with Crippen LogP contribution in [0.15, 0.2) is 36.0 Å². The minimum Gasteiger partial charge on any atom is -0.456 e. The molecule has 356 valence electrons. The Hall–Kier alpha value is -1.79. The molecule has 0 radical (unpaired) electrons. The highest BCUT2D eigenvalue weighted by atomic mass is 16.7. The molecule has 0 bridgehead atoms. The van der Waals surface area contributed by atoms with Crippen molar-refractivity contribution in [2.75, 3.05) is 6.61 Å². The lowest BCUT2D eigenvalue weighted by atomic mass is 9.72. The van der Waals surface area contributed by atoms with E-state index in [1.165, 1.54) is 0 Å². The number of aliphatic hydroxyl groups is 2. The highest BCUT2D eigenvalue weighted by molar-refractivity contribution is 5.84. The van der Waals surface area contributed by atoms with Crippen LogP contribution in [-0.4, -0.2) is 155 Å². The number of fused-ring (bicyclic) bond motifs is 10. The molecular weight excluding hydrogens is 825 g/mol. The molecule has 23 atom stereocenters. The first-order chi connectivity index (χ1) is 30.4. The van der Waals surface area contributed by atoms with Crippen LogP contribution in [0, 0.1) is 5.92 Å². The molecule has 0 aliphatic carbocycles. The number of hydrogen-bond donors (Lipinski definition) is 2. The number of aliphatic hydroxyl groups excluding tert-OH is 2. The maximum absolute atomic E-state index is 12.3. The monoisotopic (exact) mass is 896 g/mol. The van der Waals surface area contributed by atoms with Gasteiger partial charge in [-0.3, -0.25) is 0 Å². The van der Waals surface area contributed by atoms with Gasteiger partial charge in [0, 0.05) is 51.0 Å². The second-order valence-corrected chi connectivity index (χ2v) is 22.8. The van der Waals surface area contributed by atoms with Gasteiger partial charge in [-0.05, 0) is 90.7 Å². The van der Waals surface area contributed by atoms with E-state index in [0.29, 0.717) is 63.4 Å². The maximum Gasteiger partial charge on any atom is 0.331 e. The number of rotatable bonds is 3. The van der Waals surface area contributed by atoms with Crippen molar-refractivity contribution in [3.63, 3.8) is 0 Å².